The molecule has 0 aliphatic carbocycles. The molecule has 6 heteroatoms. The second kappa shape index (κ2) is 8.03. The summed E-state index contributed by atoms with van der Waals surface area (Å²) in [6.45, 7) is 7.34. The molecule has 6 nitrogen and oxygen atoms in total. The van der Waals surface area contributed by atoms with E-state index < -0.39 is 5.91 Å². The lowest BCUT2D eigenvalue weighted by Gasteiger charge is -2.20. The van der Waals surface area contributed by atoms with Gasteiger partial charge in [-0.3, -0.25) is 9.59 Å². The van der Waals surface area contributed by atoms with Crippen molar-refractivity contribution in [2.45, 2.75) is 32.7 Å². The third kappa shape index (κ3) is 12.8. The minimum Gasteiger partial charge on any atom is -0.370 e. The SMILES string of the molecule is CC(C)(C)NCCC(=O)NCCOCC(N)=O. The third-order valence-electron chi connectivity index (χ3n) is 1.82. The van der Waals surface area contributed by atoms with Crippen LogP contribution in [0.5, 0.6) is 0 Å². The molecule has 0 atom stereocenters. The molecule has 0 aliphatic rings. The van der Waals surface area contributed by atoms with E-state index in [4.69, 9.17) is 10.5 Å². The Bertz CT molecular complexity index is 249. The van der Waals surface area contributed by atoms with Crippen molar-refractivity contribution in [3.63, 3.8) is 0 Å². The van der Waals surface area contributed by atoms with Crippen LogP contribution in [0.2, 0.25) is 0 Å². The molecule has 0 aromatic carbocycles. The van der Waals surface area contributed by atoms with Crippen LogP contribution in [0, 0.1) is 0 Å². The van der Waals surface area contributed by atoms with E-state index in [9.17, 15) is 9.59 Å². The van der Waals surface area contributed by atoms with Gasteiger partial charge in [-0.25, -0.2) is 0 Å². The van der Waals surface area contributed by atoms with Crippen molar-refractivity contribution < 1.29 is 14.3 Å². The highest BCUT2D eigenvalue weighted by Gasteiger charge is 2.09. The summed E-state index contributed by atoms with van der Waals surface area (Å²) in [6, 6.07) is 0. The topological polar surface area (TPSA) is 93.4 Å². The van der Waals surface area contributed by atoms with Crippen LogP contribution in [0.1, 0.15) is 27.2 Å². The first-order valence-corrected chi connectivity index (χ1v) is 5.69. The maximum absolute atomic E-state index is 11.3. The average Bonchev–Trinajstić information content (AvgIpc) is 2.14. The lowest BCUT2D eigenvalue weighted by molar-refractivity contribution is -0.122. The average molecular weight is 245 g/mol. The van der Waals surface area contributed by atoms with Gasteiger partial charge in [0.1, 0.15) is 6.61 Å². The molecule has 0 saturated carbocycles. The van der Waals surface area contributed by atoms with Gasteiger partial charge in [-0.2, -0.15) is 0 Å². The van der Waals surface area contributed by atoms with Crippen LogP contribution < -0.4 is 16.4 Å². The standard InChI is InChI=1S/C11H23N3O3/c1-11(2,3)14-5-4-10(16)13-6-7-17-8-9(12)15/h14H,4-8H2,1-3H3,(H2,12,15)(H,13,16). The molecular weight excluding hydrogens is 222 g/mol. The fourth-order valence-corrected chi connectivity index (χ4v) is 1.07. The van der Waals surface area contributed by atoms with E-state index in [0.29, 0.717) is 26.1 Å². The maximum atomic E-state index is 11.3. The summed E-state index contributed by atoms with van der Waals surface area (Å²) in [7, 11) is 0. The zero-order valence-corrected chi connectivity index (χ0v) is 10.8. The number of carbonyl (C=O) groups is 2. The molecule has 0 aromatic rings. The molecule has 0 unspecified atom stereocenters. The Morgan fingerprint density at radius 1 is 1.24 bits per heavy atom. The van der Waals surface area contributed by atoms with Crippen LogP contribution in [0.3, 0.4) is 0 Å². The monoisotopic (exact) mass is 245 g/mol. The third-order valence-corrected chi connectivity index (χ3v) is 1.82. The van der Waals surface area contributed by atoms with Gasteiger partial charge >= 0.3 is 0 Å². The molecule has 0 bridgehead atoms. The first kappa shape index (κ1) is 15.9. The lowest BCUT2D eigenvalue weighted by atomic mass is 10.1. The molecule has 17 heavy (non-hydrogen) atoms. The van der Waals surface area contributed by atoms with Crippen molar-refractivity contribution in [2.75, 3.05) is 26.3 Å². The summed E-state index contributed by atoms with van der Waals surface area (Å²) in [5, 5.41) is 5.90. The minimum absolute atomic E-state index is 0.0187. The number of nitrogens with two attached hydrogens (primary N) is 1. The Kier molecular flexibility index (Phi) is 7.49. The molecular formula is C11H23N3O3. The smallest absolute Gasteiger partial charge is 0.243 e. The van der Waals surface area contributed by atoms with E-state index in [1.807, 2.05) is 20.8 Å². The highest BCUT2D eigenvalue weighted by Crippen LogP contribution is 1.97. The van der Waals surface area contributed by atoms with Crippen LogP contribution >= 0.6 is 0 Å². The maximum Gasteiger partial charge on any atom is 0.243 e. The van der Waals surface area contributed by atoms with E-state index in [2.05, 4.69) is 10.6 Å². The van der Waals surface area contributed by atoms with Crippen molar-refractivity contribution >= 4 is 11.8 Å². The van der Waals surface area contributed by atoms with Crippen LogP contribution in [0.15, 0.2) is 0 Å². The summed E-state index contributed by atoms with van der Waals surface area (Å²) in [4.78, 5) is 21.7. The summed E-state index contributed by atoms with van der Waals surface area (Å²) in [6.07, 6.45) is 0.424. The molecule has 0 heterocycles. The Balaban J connectivity index is 3.38. The number of primary amides is 1. The Morgan fingerprint density at radius 2 is 1.88 bits per heavy atom. The molecule has 0 saturated heterocycles. The van der Waals surface area contributed by atoms with Gasteiger partial charge in [0, 0.05) is 25.0 Å². The van der Waals surface area contributed by atoms with Gasteiger partial charge in [0.15, 0.2) is 0 Å². The summed E-state index contributed by atoms with van der Waals surface area (Å²) in [5.41, 5.74) is 4.90. The fraction of sp³-hybridized carbons (Fsp3) is 0.818. The number of ether oxygens (including phenoxy) is 1. The summed E-state index contributed by atoms with van der Waals surface area (Å²) < 4.78 is 4.90. The minimum atomic E-state index is -0.509. The van der Waals surface area contributed by atoms with Crippen LogP contribution in [0.4, 0.5) is 0 Å². The highest BCUT2D eigenvalue weighted by atomic mass is 16.5. The van der Waals surface area contributed by atoms with Gasteiger partial charge in [0.05, 0.1) is 6.61 Å². The van der Waals surface area contributed by atoms with Crippen molar-refractivity contribution in [1.29, 1.82) is 0 Å². The van der Waals surface area contributed by atoms with Gasteiger partial charge < -0.3 is 21.1 Å². The number of nitrogens with one attached hydrogen (secondary N) is 2. The van der Waals surface area contributed by atoms with Gasteiger partial charge in [0.2, 0.25) is 11.8 Å². The molecule has 100 valence electrons. The van der Waals surface area contributed by atoms with E-state index in [1.54, 1.807) is 0 Å². The predicted molar refractivity (Wildman–Crippen MR) is 65.4 cm³/mol. The fourth-order valence-electron chi connectivity index (χ4n) is 1.07. The first-order valence-electron chi connectivity index (χ1n) is 5.69. The van der Waals surface area contributed by atoms with Crippen molar-refractivity contribution in [3.05, 3.63) is 0 Å². The molecule has 0 fully saturated rings. The van der Waals surface area contributed by atoms with Crippen molar-refractivity contribution in [2.24, 2.45) is 5.73 Å². The summed E-state index contributed by atoms with van der Waals surface area (Å²) >= 11 is 0. The van der Waals surface area contributed by atoms with Crippen molar-refractivity contribution in [1.82, 2.24) is 10.6 Å². The number of hydrogen-bond donors (Lipinski definition) is 3. The Hall–Kier alpha value is -1.14. The predicted octanol–water partition coefficient (Wildman–Crippen LogP) is -0.617. The molecule has 2 amide bonds. The number of rotatable bonds is 8. The second-order valence-electron chi connectivity index (χ2n) is 4.80. The molecule has 0 radical (unpaired) electrons. The van der Waals surface area contributed by atoms with E-state index >= 15 is 0 Å². The first-order chi connectivity index (χ1) is 7.81. The lowest BCUT2D eigenvalue weighted by Crippen LogP contribution is -2.39. The normalized spacial score (nSPS) is 11.2. The number of amides is 2. The quantitative estimate of drug-likeness (QED) is 0.497. The van der Waals surface area contributed by atoms with E-state index in [0.717, 1.165) is 0 Å². The van der Waals surface area contributed by atoms with Gasteiger partial charge in [-0.15, -0.1) is 0 Å². The molecule has 0 aromatic heterocycles. The molecule has 0 spiro atoms. The van der Waals surface area contributed by atoms with Gasteiger partial charge in [0.25, 0.3) is 0 Å². The molecule has 4 N–H and O–H groups in total. The van der Waals surface area contributed by atoms with Crippen LogP contribution in [-0.4, -0.2) is 43.7 Å². The zero-order chi connectivity index (χ0) is 13.3. The summed E-state index contributed by atoms with van der Waals surface area (Å²) in [5.74, 6) is -0.546. The van der Waals surface area contributed by atoms with Gasteiger partial charge in [-0.05, 0) is 20.8 Å². The Labute approximate surface area is 102 Å². The zero-order valence-electron chi connectivity index (χ0n) is 10.8. The van der Waals surface area contributed by atoms with Crippen LogP contribution in [0.25, 0.3) is 0 Å². The van der Waals surface area contributed by atoms with Crippen LogP contribution in [-0.2, 0) is 14.3 Å². The second-order valence-corrected chi connectivity index (χ2v) is 4.80. The van der Waals surface area contributed by atoms with E-state index in [1.165, 1.54) is 0 Å². The molecule has 0 aliphatic heterocycles. The number of hydrogen-bond acceptors (Lipinski definition) is 4. The highest BCUT2D eigenvalue weighted by molar-refractivity contribution is 5.76. The number of carbonyl (C=O) groups excluding carboxylic acids is 2. The van der Waals surface area contributed by atoms with Crippen molar-refractivity contribution in [3.8, 4) is 0 Å². The largest absolute Gasteiger partial charge is 0.370 e. The molecule has 0 rings (SSSR count). The Morgan fingerprint density at radius 3 is 2.41 bits per heavy atom. The van der Waals surface area contributed by atoms with Gasteiger partial charge in [-0.1, -0.05) is 0 Å². The van der Waals surface area contributed by atoms with E-state index in [-0.39, 0.29) is 18.1 Å².